The van der Waals surface area contributed by atoms with Gasteiger partial charge >= 0.3 is 0 Å². The van der Waals surface area contributed by atoms with Gasteiger partial charge in [0.15, 0.2) is 0 Å². The normalized spacial score (nSPS) is 12.1. The van der Waals surface area contributed by atoms with Crippen LogP contribution in [0.15, 0.2) is 173 Å². The van der Waals surface area contributed by atoms with Crippen molar-refractivity contribution < 1.29 is 8.83 Å². The van der Waals surface area contributed by atoms with Crippen LogP contribution in [0.1, 0.15) is 48.6 Å². The van der Waals surface area contributed by atoms with E-state index in [0.29, 0.717) is 0 Å². The molecule has 0 radical (unpaired) electrons. The van der Waals surface area contributed by atoms with Gasteiger partial charge in [-0.25, -0.2) is 0 Å². The van der Waals surface area contributed by atoms with Crippen LogP contribution in [0.3, 0.4) is 0 Å². The number of furan rings is 2. The van der Waals surface area contributed by atoms with Gasteiger partial charge in [-0.15, -0.1) is 0 Å². The lowest BCUT2D eigenvalue weighted by Gasteiger charge is -2.26. The number of aryl methyl sites for hydroxylation is 4. The summed E-state index contributed by atoms with van der Waals surface area (Å²) in [5.41, 5.74) is 16.1. The molecule has 0 fully saturated rings. The van der Waals surface area contributed by atoms with E-state index in [0.717, 1.165) is 105 Å². The molecule has 2 aromatic heterocycles. The summed E-state index contributed by atoms with van der Waals surface area (Å²) in [7, 11) is 0. The number of nitrogens with zero attached hydrogens (tertiary/aromatic N) is 2. The van der Waals surface area contributed by atoms with Gasteiger partial charge in [0.1, 0.15) is 22.3 Å². The maximum absolute atomic E-state index is 7.02. The molecule has 0 atom stereocenters. The Balaban J connectivity index is 1.07. The van der Waals surface area contributed by atoms with Crippen molar-refractivity contribution in [2.24, 2.45) is 0 Å². The van der Waals surface area contributed by atoms with Crippen molar-refractivity contribution in [3.8, 4) is 0 Å². The van der Waals surface area contributed by atoms with Crippen molar-refractivity contribution in [1.29, 1.82) is 0 Å². The molecule has 11 aromatic rings. The van der Waals surface area contributed by atoms with Crippen LogP contribution in [0.4, 0.5) is 34.1 Å². The van der Waals surface area contributed by atoms with Crippen LogP contribution < -0.4 is 9.80 Å². The molecule has 0 amide bonds. The van der Waals surface area contributed by atoms with E-state index in [2.05, 4.69) is 222 Å². The van der Waals surface area contributed by atoms with Gasteiger partial charge in [0, 0.05) is 61.2 Å². The molecule has 0 bridgehead atoms. The second-order valence-corrected chi connectivity index (χ2v) is 18.2. The van der Waals surface area contributed by atoms with Gasteiger partial charge in [-0.3, -0.25) is 0 Å². The lowest BCUT2D eigenvalue weighted by molar-refractivity contribution is 0.577. The molecular formula is C58H48N2O2. The van der Waals surface area contributed by atoms with E-state index in [4.69, 9.17) is 8.83 Å². The minimum atomic E-state index is -0.238. The Morgan fingerprint density at radius 1 is 0.355 bits per heavy atom. The van der Waals surface area contributed by atoms with E-state index in [1.165, 1.54) is 22.3 Å². The number of benzene rings is 9. The predicted octanol–water partition coefficient (Wildman–Crippen LogP) is 17.3. The molecule has 0 aliphatic carbocycles. The maximum Gasteiger partial charge on any atom is 0.140 e. The zero-order chi connectivity index (χ0) is 42.4. The lowest BCUT2D eigenvalue weighted by atomic mass is 9.82. The molecule has 11 rings (SSSR count). The highest BCUT2D eigenvalue weighted by molar-refractivity contribution is 6.20. The summed E-state index contributed by atoms with van der Waals surface area (Å²) in [5.74, 6) is 0. The molecule has 62 heavy (non-hydrogen) atoms. The topological polar surface area (TPSA) is 32.8 Å². The Morgan fingerprint density at radius 2 is 0.774 bits per heavy atom. The van der Waals surface area contributed by atoms with Crippen molar-refractivity contribution in [3.05, 3.63) is 192 Å². The van der Waals surface area contributed by atoms with Crippen LogP contribution in [0, 0.1) is 27.7 Å². The van der Waals surface area contributed by atoms with E-state index in [1.807, 2.05) is 0 Å². The van der Waals surface area contributed by atoms with Crippen molar-refractivity contribution in [2.75, 3.05) is 9.80 Å². The zero-order valence-electron chi connectivity index (χ0n) is 36.3. The van der Waals surface area contributed by atoms with E-state index in [9.17, 15) is 0 Å². The van der Waals surface area contributed by atoms with E-state index < -0.39 is 0 Å². The molecule has 0 aliphatic rings. The summed E-state index contributed by atoms with van der Waals surface area (Å²) in [6.45, 7) is 15.4. The Morgan fingerprint density at radius 3 is 1.21 bits per heavy atom. The second-order valence-electron chi connectivity index (χ2n) is 18.2. The van der Waals surface area contributed by atoms with Gasteiger partial charge in [0.05, 0.1) is 0 Å². The van der Waals surface area contributed by atoms with Crippen molar-refractivity contribution in [1.82, 2.24) is 0 Å². The molecule has 4 nitrogen and oxygen atoms in total. The van der Waals surface area contributed by atoms with Crippen LogP contribution in [-0.4, -0.2) is 0 Å². The SMILES string of the molecule is Cc1cccc(N(c2cccc(C)c2)c2ccc3cc4c(cc3c2)oc2c(C(C)(C)C)c3c(cc24)oc2cc4cc(N(c5cccc(C)c5)c5cccc(C)c5)ccc4cc23)c1. The standard InChI is InChI=1S/C58H48N2O2/c1-35-12-8-16-43(24-35)59(44-17-9-13-36(2)25-44)47-22-20-39-30-49-50-34-54-55(56(58(5,6)7)57(50)62-52(49)32-41(39)28-47)51-31-40-21-23-48(29-42(40)33-53(51)61-54)60(45-18-10-14-37(3)26-45)46-19-11-15-38(4)27-46/h8-34H,1-7H3. The van der Waals surface area contributed by atoms with Gasteiger partial charge in [-0.05, 0) is 180 Å². The quantitative estimate of drug-likeness (QED) is 0.168. The lowest BCUT2D eigenvalue weighted by Crippen LogP contribution is -2.12. The average molecular weight is 805 g/mol. The molecule has 0 saturated carbocycles. The summed E-state index contributed by atoms with van der Waals surface area (Å²) < 4.78 is 13.9. The number of anilines is 6. The van der Waals surface area contributed by atoms with Crippen molar-refractivity contribution in [2.45, 2.75) is 53.9 Å². The molecule has 0 spiro atoms. The number of rotatable bonds is 6. The third kappa shape index (κ3) is 6.37. The first-order valence-corrected chi connectivity index (χ1v) is 21.6. The highest BCUT2D eigenvalue weighted by Crippen LogP contribution is 2.47. The van der Waals surface area contributed by atoms with Gasteiger partial charge in [-0.2, -0.15) is 0 Å². The molecule has 0 unspecified atom stereocenters. The van der Waals surface area contributed by atoms with Crippen LogP contribution in [0.2, 0.25) is 0 Å². The van der Waals surface area contributed by atoms with Crippen LogP contribution in [-0.2, 0) is 5.41 Å². The third-order valence-corrected chi connectivity index (χ3v) is 12.4. The Hall–Kier alpha value is -7.30. The van der Waals surface area contributed by atoms with E-state index in [-0.39, 0.29) is 5.41 Å². The highest BCUT2D eigenvalue weighted by atomic mass is 16.3. The Labute approximate surface area is 362 Å². The van der Waals surface area contributed by atoms with Crippen molar-refractivity contribution >= 4 is 99.5 Å². The van der Waals surface area contributed by atoms with Crippen molar-refractivity contribution in [3.63, 3.8) is 0 Å². The van der Waals surface area contributed by atoms with E-state index in [1.54, 1.807) is 0 Å². The number of hydrogen-bond acceptors (Lipinski definition) is 4. The van der Waals surface area contributed by atoms with Crippen LogP contribution >= 0.6 is 0 Å². The fraction of sp³-hybridized carbons (Fsp3) is 0.138. The molecule has 0 N–H and O–H groups in total. The first-order chi connectivity index (χ1) is 29.9. The summed E-state index contributed by atoms with van der Waals surface area (Å²) in [5, 5.41) is 8.95. The Bertz CT molecular complexity index is 3380. The van der Waals surface area contributed by atoms with Gasteiger partial charge < -0.3 is 18.6 Å². The fourth-order valence-electron chi connectivity index (χ4n) is 9.58. The summed E-state index contributed by atoms with van der Waals surface area (Å²) in [4.78, 5) is 4.68. The predicted molar refractivity (Wildman–Crippen MR) is 263 cm³/mol. The first-order valence-electron chi connectivity index (χ1n) is 21.6. The number of hydrogen-bond donors (Lipinski definition) is 0. The smallest absolute Gasteiger partial charge is 0.140 e. The molecule has 9 aromatic carbocycles. The fourth-order valence-corrected chi connectivity index (χ4v) is 9.58. The largest absolute Gasteiger partial charge is 0.456 e. The molecule has 302 valence electrons. The Kier molecular flexibility index (Phi) is 8.59. The minimum Gasteiger partial charge on any atom is -0.456 e. The number of fused-ring (bicyclic) bond motifs is 8. The van der Waals surface area contributed by atoms with Gasteiger partial charge in [0.2, 0.25) is 0 Å². The van der Waals surface area contributed by atoms with Gasteiger partial charge in [-0.1, -0.05) is 81.4 Å². The zero-order valence-corrected chi connectivity index (χ0v) is 36.3. The maximum atomic E-state index is 7.02. The molecule has 2 heterocycles. The highest BCUT2D eigenvalue weighted by Gasteiger charge is 2.28. The van der Waals surface area contributed by atoms with E-state index >= 15 is 0 Å². The molecule has 0 saturated heterocycles. The summed E-state index contributed by atoms with van der Waals surface area (Å²) in [6.07, 6.45) is 0. The summed E-state index contributed by atoms with van der Waals surface area (Å²) >= 11 is 0. The first kappa shape index (κ1) is 37.7. The van der Waals surface area contributed by atoms with Gasteiger partial charge in [0.25, 0.3) is 0 Å². The molecule has 4 heteroatoms. The third-order valence-electron chi connectivity index (χ3n) is 12.4. The second kappa shape index (κ2) is 14.1. The average Bonchev–Trinajstić information content (AvgIpc) is 3.77. The van der Waals surface area contributed by atoms with Crippen LogP contribution in [0.25, 0.3) is 65.4 Å². The molecular weight excluding hydrogens is 757 g/mol. The van der Waals surface area contributed by atoms with Crippen LogP contribution in [0.5, 0.6) is 0 Å². The molecule has 0 aliphatic heterocycles. The minimum absolute atomic E-state index is 0.238. The monoisotopic (exact) mass is 804 g/mol. The summed E-state index contributed by atoms with van der Waals surface area (Å²) in [6, 6.07) is 59.6.